The average molecular weight is 544 g/mol. The molecule has 36 heavy (non-hydrogen) atoms. The quantitative estimate of drug-likeness (QED) is 0.317. The third kappa shape index (κ3) is 4.69. The van der Waals surface area contributed by atoms with Crippen molar-refractivity contribution in [3.8, 4) is 17.3 Å². The first-order valence-electron chi connectivity index (χ1n) is 11.5. The lowest BCUT2D eigenvalue weighted by atomic mass is 10.0. The van der Waals surface area contributed by atoms with Crippen LogP contribution in [0.2, 0.25) is 5.02 Å². The van der Waals surface area contributed by atoms with Crippen LogP contribution in [0.4, 0.5) is 0 Å². The maximum Gasteiger partial charge on any atom is 0.273 e. The Morgan fingerprint density at radius 3 is 2.72 bits per heavy atom. The highest BCUT2D eigenvalue weighted by Gasteiger charge is 2.41. The van der Waals surface area contributed by atoms with E-state index in [2.05, 4.69) is 15.2 Å². The summed E-state index contributed by atoms with van der Waals surface area (Å²) in [5.74, 6) is 1.16. The summed E-state index contributed by atoms with van der Waals surface area (Å²) in [6.07, 6.45) is 2.97. The molecular formula is C24H22ClN5O4S2. The summed E-state index contributed by atoms with van der Waals surface area (Å²) in [6, 6.07) is 11.1. The Hall–Kier alpha value is -2.70. The van der Waals surface area contributed by atoms with Gasteiger partial charge in [0.1, 0.15) is 10.7 Å². The molecular weight excluding hydrogens is 522 g/mol. The number of benzene rings is 1. The molecule has 6 rings (SSSR count). The Morgan fingerprint density at radius 1 is 1.14 bits per heavy atom. The Bertz CT molecular complexity index is 1360. The lowest BCUT2D eigenvalue weighted by molar-refractivity contribution is -0.181. The number of nitrogens with zero attached hydrogens (tertiary/aromatic N) is 5. The number of halogens is 1. The molecule has 0 bridgehead atoms. The van der Waals surface area contributed by atoms with Crippen LogP contribution >= 0.6 is 34.7 Å². The molecule has 0 unspecified atom stereocenters. The number of amides is 1. The van der Waals surface area contributed by atoms with Gasteiger partial charge >= 0.3 is 0 Å². The van der Waals surface area contributed by atoms with Crippen LogP contribution in [0.1, 0.15) is 28.3 Å². The van der Waals surface area contributed by atoms with Gasteiger partial charge in [-0.15, -0.1) is 21.5 Å². The molecule has 0 aliphatic carbocycles. The second-order valence-electron chi connectivity index (χ2n) is 8.41. The fourth-order valence-corrected chi connectivity index (χ4v) is 6.30. The van der Waals surface area contributed by atoms with E-state index in [4.69, 9.17) is 25.5 Å². The third-order valence-corrected chi connectivity index (χ3v) is 8.37. The van der Waals surface area contributed by atoms with Crippen molar-refractivity contribution in [3.63, 3.8) is 0 Å². The normalized spacial score (nSPS) is 17.2. The SMILES string of the molecule is O=C(c1csc(CSc2nnc(-c3ccco3)n2-c2cccc(Cl)c2)n1)N1CCC2(CC1)OCCO2. The van der Waals surface area contributed by atoms with Gasteiger partial charge in [-0.3, -0.25) is 9.36 Å². The first-order chi connectivity index (χ1) is 17.6. The minimum atomic E-state index is -0.506. The number of thiazole rings is 1. The molecule has 2 aliphatic heterocycles. The molecule has 0 atom stereocenters. The number of carbonyl (C=O) groups is 1. The Labute approximate surface area is 220 Å². The predicted molar refractivity (Wildman–Crippen MR) is 136 cm³/mol. The number of rotatable bonds is 6. The lowest BCUT2D eigenvalue weighted by Crippen LogP contribution is -2.47. The number of hydrogen-bond acceptors (Lipinski definition) is 9. The zero-order valence-electron chi connectivity index (χ0n) is 19.1. The summed E-state index contributed by atoms with van der Waals surface area (Å²) in [7, 11) is 0. The van der Waals surface area contributed by atoms with Crippen molar-refractivity contribution in [2.45, 2.75) is 29.5 Å². The molecule has 0 saturated carbocycles. The fourth-order valence-electron chi connectivity index (χ4n) is 4.38. The van der Waals surface area contributed by atoms with Crippen LogP contribution in [0.3, 0.4) is 0 Å². The number of aromatic nitrogens is 4. The van der Waals surface area contributed by atoms with E-state index in [1.54, 1.807) is 6.26 Å². The van der Waals surface area contributed by atoms with Gasteiger partial charge in [0, 0.05) is 36.3 Å². The van der Waals surface area contributed by atoms with E-state index >= 15 is 0 Å². The third-order valence-electron chi connectivity index (χ3n) is 6.16. The molecule has 1 aromatic carbocycles. The summed E-state index contributed by atoms with van der Waals surface area (Å²) in [5, 5.41) is 12.7. The topological polar surface area (TPSA) is 95.5 Å². The molecule has 2 aliphatic rings. The second kappa shape index (κ2) is 9.98. The zero-order chi connectivity index (χ0) is 24.5. The van der Waals surface area contributed by atoms with Crippen LogP contribution in [-0.4, -0.2) is 62.6 Å². The molecule has 5 heterocycles. The number of hydrogen-bond donors (Lipinski definition) is 0. The van der Waals surface area contributed by atoms with Crippen LogP contribution in [0.25, 0.3) is 17.3 Å². The average Bonchev–Trinajstić information content (AvgIpc) is 3.70. The highest BCUT2D eigenvalue weighted by atomic mass is 35.5. The van der Waals surface area contributed by atoms with Gasteiger partial charge in [-0.1, -0.05) is 29.4 Å². The van der Waals surface area contributed by atoms with Crippen molar-refractivity contribution < 1.29 is 18.7 Å². The van der Waals surface area contributed by atoms with E-state index in [1.807, 2.05) is 51.2 Å². The van der Waals surface area contributed by atoms with E-state index in [0.29, 0.717) is 72.4 Å². The van der Waals surface area contributed by atoms with Crippen LogP contribution in [0.15, 0.2) is 57.6 Å². The van der Waals surface area contributed by atoms with Crippen molar-refractivity contribution in [2.75, 3.05) is 26.3 Å². The van der Waals surface area contributed by atoms with Crippen LogP contribution < -0.4 is 0 Å². The van der Waals surface area contributed by atoms with Crippen LogP contribution in [-0.2, 0) is 15.2 Å². The maximum absolute atomic E-state index is 13.0. The molecule has 1 amide bonds. The van der Waals surface area contributed by atoms with Gasteiger partial charge in [0.05, 0.1) is 30.9 Å². The number of piperidine rings is 1. The molecule has 2 fully saturated rings. The molecule has 9 nitrogen and oxygen atoms in total. The largest absolute Gasteiger partial charge is 0.461 e. The molecule has 0 radical (unpaired) electrons. The van der Waals surface area contributed by atoms with Gasteiger partial charge < -0.3 is 18.8 Å². The molecule has 186 valence electrons. The van der Waals surface area contributed by atoms with E-state index < -0.39 is 5.79 Å². The summed E-state index contributed by atoms with van der Waals surface area (Å²) in [6.45, 7) is 2.43. The van der Waals surface area contributed by atoms with Crippen molar-refractivity contribution in [2.24, 2.45) is 0 Å². The standard InChI is InChI=1S/C24H22ClN5O4S2/c25-16-3-1-4-17(13-16)30-21(19-5-2-10-32-19)27-28-23(30)36-15-20-26-18(14-35-20)22(31)29-8-6-24(7-9-29)33-11-12-34-24/h1-5,10,13-14H,6-9,11-12,15H2. The number of furan rings is 1. The zero-order valence-corrected chi connectivity index (χ0v) is 21.5. The van der Waals surface area contributed by atoms with E-state index in [-0.39, 0.29) is 5.91 Å². The van der Waals surface area contributed by atoms with Crippen molar-refractivity contribution in [3.05, 3.63) is 63.8 Å². The lowest BCUT2D eigenvalue weighted by Gasteiger charge is -2.37. The smallest absolute Gasteiger partial charge is 0.273 e. The molecule has 2 saturated heterocycles. The number of ether oxygens (including phenoxy) is 2. The van der Waals surface area contributed by atoms with Gasteiger partial charge in [0.25, 0.3) is 5.91 Å². The first kappa shape index (κ1) is 23.7. The van der Waals surface area contributed by atoms with Crippen molar-refractivity contribution >= 4 is 40.6 Å². The predicted octanol–water partition coefficient (Wildman–Crippen LogP) is 4.91. The Kier molecular flexibility index (Phi) is 6.57. The molecule has 12 heteroatoms. The molecule has 1 spiro atoms. The minimum absolute atomic E-state index is 0.0578. The van der Waals surface area contributed by atoms with Crippen LogP contribution in [0, 0.1) is 0 Å². The summed E-state index contributed by atoms with van der Waals surface area (Å²) in [4.78, 5) is 19.5. The van der Waals surface area contributed by atoms with Crippen molar-refractivity contribution in [1.82, 2.24) is 24.6 Å². The second-order valence-corrected chi connectivity index (χ2v) is 10.7. The highest BCUT2D eigenvalue weighted by Crippen LogP contribution is 2.33. The molecule has 0 N–H and O–H groups in total. The molecule has 4 aromatic rings. The van der Waals surface area contributed by atoms with Gasteiger partial charge in [-0.2, -0.15) is 0 Å². The van der Waals surface area contributed by atoms with Gasteiger partial charge in [0.2, 0.25) is 5.82 Å². The summed E-state index contributed by atoms with van der Waals surface area (Å²) < 4.78 is 19.0. The van der Waals surface area contributed by atoms with E-state index in [9.17, 15) is 4.79 Å². The van der Waals surface area contributed by atoms with Gasteiger partial charge in [-0.25, -0.2) is 4.98 Å². The van der Waals surface area contributed by atoms with Crippen LogP contribution in [0.5, 0.6) is 0 Å². The first-order valence-corrected chi connectivity index (χ1v) is 13.7. The van der Waals surface area contributed by atoms with Crippen molar-refractivity contribution in [1.29, 1.82) is 0 Å². The van der Waals surface area contributed by atoms with E-state index in [0.717, 1.165) is 10.7 Å². The number of likely N-dealkylation sites (tertiary alicyclic amines) is 1. The summed E-state index contributed by atoms with van der Waals surface area (Å²) >= 11 is 9.20. The molecule has 3 aromatic heterocycles. The van der Waals surface area contributed by atoms with E-state index in [1.165, 1.54) is 23.1 Å². The maximum atomic E-state index is 13.0. The Balaban J connectivity index is 1.16. The van der Waals surface area contributed by atoms with Gasteiger partial charge in [0.15, 0.2) is 16.7 Å². The monoisotopic (exact) mass is 543 g/mol. The summed E-state index contributed by atoms with van der Waals surface area (Å²) in [5.41, 5.74) is 1.29. The number of carbonyl (C=O) groups excluding carboxylic acids is 1. The number of thioether (sulfide) groups is 1. The fraction of sp³-hybridized carbons (Fsp3) is 0.333. The minimum Gasteiger partial charge on any atom is -0.461 e. The highest BCUT2D eigenvalue weighted by molar-refractivity contribution is 7.98. The Morgan fingerprint density at radius 2 is 1.97 bits per heavy atom. The van der Waals surface area contributed by atoms with Gasteiger partial charge in [-0.05, 0) is 30.3 Å².